The van der Waals surface area contributed by atoms with Crippen molar-refractivity contribution < 1.29 is 18.7 Å². The summed E-state index contributed by atoms with van der Waals surface area (Å²) >= 11 is 0. The third-order valence-electron chi connectivity index (χ3n) is 3.71. The van der Waals surface area contributed by atoms with Gasteiger partial charge in [-0.05, 0) is 17.5 Å². The van der Waals surface area contributed by atoms with E-state index in [-0.39, 0.29) is 36.9 Å². The van der Waals surface area contributed by atoms with Gasteiger partial charge < -0.3 is 10.0 Å². The minimum absolute atomic E-state index is 0.0686. The second-order valence-corrected chi connectivity index (χ2v) is 5.42. The van der Waals surface area contributed by atoms with Crippen molar-refractivity contribution in [1.29, 1.82) is 0 Å². The Morgan fingerprint density at radius 2 is 2.05 bits per heavy atom. The van der Waals surface area contributed by atoms with Crippen molar-refractivity contribution >= 4 is 5.91 Å². The van der Waals surface area contributed by atoms with E-state index < -0.39 is 17.2 Å². The van der Waals surface area contributed by atoms with Crippen LogP contribution in [0.1, 0.15) is 19.4 Å². The van der Waals surface area contributed by atoms with Crippen molar-refractivity contribution in [1.82, 2.24) is 4.90 Å². The van der Waals surface area contributed by atoms with Crippen LogP contribution in [0.5, 0.6) is 0 Å². The van der Waals surface area contributed by atoms with Crippen LogP contribution in [0.4, 0.5) is 8.78 Å². The lowest BCUT2D eigenvalue weighted by Crippen LogP contribution is -2.66. The van der Waals surface area contributed by atoms with Gasteiger partial charge in [0, 0.05) is 6.07 Å². The Morgan fingerprint density at radius 3 is 2.58 bits per heavy atom. The summed E-state index contributed by atoms with van der Waals surface area (Å²) < 4.78 is 26.2. The zero-order valence-corrected chi connectivity index (χ0v) is 11.0. The first-order valence-corrected chi connectivity index (χ1v) is 6.26. The van der Waals surface area contributed by atoms with Crippen molar-refractivity contribution in [3.63, 3.8) is 0 Å². The molecule has 2 rings (SSSR count). The summed E-state index contributed by atoms with van der Waals surface area (Å²) in [5, 5.41) is 10.0. The molecule has 0 saturated carbocycles. The summed E-state index contributed by atoms with van der Waals surface area (Å²) in [7, 11) is 0. The fourth-order valence-electron chi connectivity index (χ4n) is 2.10. The lowest BCUT2D eigenvalue weighted by molar-refractivity contribution is -0.163. The summed E-state index contributed by atoms with van der Waals surface area (Å²) in [4.78, 5) is 13.4. The Balaban J connectivity index is 1.96. The summed E-state index contributed by atoms with van der Waals surface area (Å²) in [6, 6.07) is 3.17. The first-order valence-electron chi connectivity index (χ1n) is 6.26. The van der Waals surface area contributed by atoms with E-state index in [4.69, 9.17) is 0 Å². The van der Waals surface area contributed by atoms with E-state index in [1.165, 1.54) is 11.0 Å². The van der Waals surface area contributed by atoms with Gasteiger partial charge in [-0.1, -0.05) is 19.9 Å². The molecule has 1 aliphatic rings. The van der Waals surface area contributed by atoms with E-state index in [0.29, 0.717) is 0 Å². The molecule has 0 spiro atoms. The number of nitrogens with zero attached hydrogens (tertiary/aromatic N) is 1. The number of β-amino-alcohol motifs (C(OH)–C–C–N with tert-alkyl or cyclic N) is 1. The van der Waals surface area contributed by atoms with Crippen LogP contribution in [-0.2, 0) is 11.2 Å². The van der Waals surface area contributed by atoms with Crippen molar-refractivity contribution in [2.75, 3.05) is 13.1 Å². The first kappa shape index (κ1) is 13.9. The number of hydrogen-bond acceptors (Lipinski definition) is 2. The van der Waals surface area contributed by atoms with Crippen LogP contribution in [0.15, 0.2) is 18.2 Å². The van der Waals surface area contributed by atoms with Gasteiger partial charge in [0.25, 0.3) is 0 Å². The summed E-state index contributed by atoms with van der Waals surface area (Å²) in [5.74, 6) is -1.56. The zero-order chi connectivity index (χ0) is 14.2. The molecule has 1 N–H and O–H groups in total. The molecular weight excluding hydrogens is 252 g/mol. The number of carbonyl (C=O) groups is 1. The molecule has 1 saturated heterocycles. The molecule has 19 heavy (non-hydrogen) atoms. The van der Waals surface area contributed by atoms with Gasteiger partial charge in [0.1, 0.15) is 17.2 Å². The lowest BCUT2D eigenvalue weighted by Gasteiger charge is -2.49. The first-order chi connectivity index (χ1) is 8.82. The average molecular weight is 269 g/mol. The van der Waals surface area contributed by atoms with Gasteiger partial charge >= 0.3 is 0 Å². The van der Waals surface area contributed by atoms with Gasteiger partial charge in [0.2, 0.25) is 5.91 Å². The molecule has 1 aliphatic heterocycles. The van der Waals surface area contributed by atoms with Crippen LogP contribution in [0.25, 0.3) is 0 Å². The van der Waals surface area contributed by atoms with Gasteiger partial charge in [-0.2, -0.15) is 0 Å². The van der Waals surface area contributed by atoms with Crippen LogP contribution >= 0.6 is 0 Å². The van der Waals surface area contributed by atoms with Crippen molar-refractivity contribution in [2.45, 2.75) is 25.9 Å². The Bertz CT molecular complexity index is 496. The Labute approximate surface area is 110 Å². The fraction of sp³-hybridized carbons (Fsp3) is 0.500. The number of aliphatic hydroxyl groups is 1. The van der Waals surface area contributed by atoms with E-state index in [2.05, 4.69) is 0 Å². The molecule has 0 bridgehead atoms. The van der Waals surface area contributed by atoms with E-state index in [0.717, 1.165) is 12.1 Å². The highest BCUT2D eigenvalue weighted by Gasteiger charge is 2.45. The Morgan fingerprint density at radius 1 is 1.42 bits per heavy atom. The van der Waals surface area contributed by atoms with Gasteiger partial charge in [-0.3, -0.25) is 4.79 Å². The number of rotatable bonds is 3. The maximum Gasteiger partial charge on any atom is 0.227 e. The molecule has 3 nitrogen and oxygen atoms in total. The van der Waals surface area contributed by atoms with Crippen LogP contribution in [0.3, 0.4) is 0 Å². The largest absolute Gasteiger partial charge is 0.386 e. The van der Waals surface area contributed by atoms with E-state index in [9.17, 15) is 18.7 Å². The van der Waals surface area contributed by atoms with Crippen molar-refractivity contribution in [2.24, 2.45) is 5.92 Å². The molecular formula is C14H17F2NO2. The monoisotopic (exact) mass is 269 g/mol. The van der Waals surface area contributed by atoms with Crippen molar-refractivity contribution in [3.8, 4) is 0 Å². The normalized spacial score (nSPS) is 17.5. The molecule has 0 aromatic heterocycles. The number of halogens is 2. The zero-order valence-electron chi connectivity index (χ0n) is 11.0. The minimum Gasteiger partial charge on any atom is -0.386 e. The molecule has 1 aromatic rings. The van der Waals surface area contributed by atoms with Gasteiger partial charge in [0.05, 0.1) is 19.5 Å². The highest BCUT2D eigenvalue weighted by atomic mass is 19.1. The molecule has 1 aromatic carbocycles. The number of carbonyl (C=O) groups excluding carboxylic acids is 1. The molecule has 0 radical (unpaired) electrons. The topological polar surface area (TPSA) is 40.5 Å². The van der Waals surface area contributed by atoms with Crippen LogP contribution in [0.2, 0.25) is 0 Å². The highest BCUT2D eigenvalue weighted by Crippen LogP contribution is 2.29. The third kappa shape index (κ3) is 2.76. The summed E-state index contributed by atoms with van der Waals surface area (Å²) in [5.41, 5.74) is -0.664. The van der Waals surface area contributed by atoms with Gasteiger partial charge in [-0.25, -0.2) is 8.78 Å². The van der Waals surface area contributed by atoms with Crippen molar-refractivity contribution in [3.05, 3.63) is 35.4 Å². The maximum atomic E-state index is 13.4. The summed E-state index contributed by atoms with van der Waals surface area (Å²) in [6.07, 6.45) is -0.111. The molecule has 5 heteroatoms. The molecule has 0 unspecified atom stereocenters. The van der Waals surface area contributed by atoms with Gasteiger partial charge in [0.15, 0.2) is 0 Å². The summed E-state index contributed by atoms with van der Waals surface area (Å²) in [6.45, 7) is 4.32. The predicted octanol–water partition coefficient (Wildman–Crippen LogP) is 1.74. The van der Waals surface area contributed by atoms with Crippen LogP contribution < -0.4 is 0 Å². The average Bonchev–Trinajstić information content (AvgIpc) is 2.28. The highest BCUT2D eigenvalue weighted by molar-refractivity contribution is 5.80. The lowest BCUT2D eigenvalue weighted by atomic mass is 9.83. The fourth-order valence-corrected chi connectivity index (χ4v) is 2.10. The second kappa shape index (κ2) is 4.89. The van der Waals surface area contributed by atoms with E-state index in [1.807, 2.05) is 13.8 Å². The standard InChI is InChI=1S/C14H17F2NO2/c1-9(2)14(19)7-17(8-14)13(18)5-10-3-4-11(15)6-12(10)16/h3-4,6,9,19H,5,7-8H2,1-2H3. The maximum absolute atomic E-state index is 13.4. The van der Waals surface area contributed by atoms with E-state index in [1.54, 1.807) is 0 Å². The smallest absolute Gasteiger partial charge is 0.227 e. The number of hydrogen-bond donors (Lipinski definition) is 1. The SMILES string of the molecule is CC(C)C1(O)CN(C(=O)Cc2ccc(F)cc2F)C1. The molecule has 0 aliphatic carbocycles. The molecule has 104 valence electrons. The third-order valence-corrected chi connectivity index (χ3v) is 3.71. The van der Waals surface area contributed by atoms with E-state index >= 15 is 0 Å². The molecule has 1 heterocycles. The minimum atomic E-state index is -0.836. The molecule has 0 atom stereocenters. The molecule has 1 amide bonds. The number of amides is 1. The Hall–Kier alpha value is -1.49. The Kier molecular flexibility index (Phi) is 3.58. The number of likely N-dealkylation sites (tertiary alicyclic amines) is 1. The quantitative estimate of drug-likeness (QED) is 0.908. The second-order valence-electron chi connectivity index (χ2n) is 5.42. The van der Waals surface area contributed by atoms with Crippen LogP contribution in [0, 0.1) is 17.6 Å². The molecule has 1 fully saturated rings. The predicted molar refractivity (Wildman–Crippen MR) is 66.4 cm³/mol. The van der Waals surface area contributed by atoms with Gasteiger partial charge in [-0.15, -0.1) is 0 Å². The number of benzene rings is 1. The van der Waals surface area contributed by atoms with Crippen LogP contribution in [-0.4, -0.2) is 34.6 Å².